The molecule has 0 saturated carbocycles. The summed E-state index contributed by atoms with van der Waals surface area (Å²) in [4.78, 5) is 0. The molecule has 0 radical (unpaired) electrons. The summed E-state index contributed by atoms with van der Waals surface area (Å²) in [5.41, 5.74) is 0.429. The summed E-state index contributed by atoms with van der Waals surface area (Å²) in [7, 11) is 1.97. The van der Waals surface area contributed by atoms with E-state index in [1.54, 1.807) is 0 Å². The molecular weight excluding hydrogens is 150 g/mol. The average Bonchev–Trinajstić information content (AvgIpc) is 2.03. The smallest absolute Gasteiger partial charge is 0.108 e. The first kappa shape index (κ1) is 10.0. The van der Waals surface area contributed by atoms with Crippen molar-refractivity contribution >= 4 is 0 Å². The predicted octanol–water partition coefficient (Wildman–Crippen LogP) is 2.00. The predicted molar refractivity (Wildman–Crippen MR) is 51.0 cm³/mol. The fourth-order valence-electron chi connectivity index (χ4n) is 1.78. The molecule has 1 N–H and O–H groups in total. The van der Waals surface area contributed by atoms with Crippen LogP contribution in [0.4, 0.5) is 0 Å². The maximum Gasteiger partial charge on any atom is 0.108 e. The van der Waals surface area contributed by atoms with Crippen molar-refractivity contribution in [1.29, 1.82) is 0 Å². The normalized spacial score (nSPS) is 32.0. The molecule has 0 aliphatic carbocycles. The van der Waals surface area contributed by atoms with E-state index in [1.807, 2.05) is 7.05 Å². The molecule has 0 amide bonds. The van der Waals surface area contributed by atoms with Gasteiger partial charge in [-0.25, -0.2) is 0 Å². The third kappa shape index (κ3) is 2.46. The van der Waals surface area contributed by atoms with Crippen molar-refractivity contribution in [3.05, 3.63) is 0 Å². The lowest BCUT2D eigenvalue weighted by atomic mass is 9.76. The molecule has 0 spiro atoms. The van der Waals surface area contributed by atoms with Crippen molar-refractivity contribution in [1.82, 2.24) is 5.32 Å². The highest BCUT2D eigenvalue weighted by Gasteiger charge is 2.30. The zero-order chi connectivity index (χ0) is 9.19. The molecule has 1 fully saturated rings. The lowest BCUT2D eigenvalue weighted by molar-refractivity contribution is -0.0475. The molecule has 12 heavy (non-hydrogen) atoms. The summed E-state index contributed by atoms with van der Waals surface area (Å²) in [5, 5.41) is 3.18. The van der Waals surface area contributed by atoms with Crippen LogP contribution in [-0.4, -0.2) is 19.9 Å². The van der Waals surface area contributed by atoms with E-state index in [0.717, 1.165) is 18.9 Å². The van der Waals surface area contributed by atoms with E-state index in [9.17, 15) is 0 Å². The number of rotatable bonds is 1. The number of hydrogen-bond acceptors (Lipinski definition) is 2. The molecule has 2 unspecified atom stereocenters. The fraction of sp³-hybridized carbons (Fsp3) is 1.00. The molecule has 2 atom stereocenters. The van der Waals surface area contributed by atoms with Gasteiger partial charge in [-0.05, 0) is 31.2 Å². The van der Waals surface area contributed by atoms with E-state index in [1.165, 1.54) is 6.42 Å². The Bertz CT molecular complexity index is 139. The SMILES string of the molecule is CNC1CC(C(C)(C)C)CCO1. The van der Waals surface area contributed by atoms with E-state index >= 15 is 0 Å². The van der Waals surface area contributed by atoms with Crippen molar-refractivity contribution in [2.45, 2.75) is 39.8 Å². The van der Waals surface area contributed by atoms with Gasteiger partial charge in [-0.3, -0.25) is 5.32 Å². The molecule has 1 rings (SSSR count). The number of ether oxygens (including phenoxy) is 1. The van der Waals surface area contributed by atoms with Gasteiger partial charge in [0, 0.05) is 6.61 Å². The van der Waals surface area contributed by atoms with Gasteiger partial charge in [0.1, 0.15) is 6.23 Å². The minimum Gasteiger partial charge on any atom is -0.363 e. The van der Waals surface area contributed by atoms with Crippen LogP contribution in [-0.2, 0) is 4.74 Å². The Hall–Kier alpha value is -0.0800. The highest BCUT2D eigenvalue weighted by atomic mass is 16.5. The summed E-state index contributed by atoms with van der Waals surface area (Å²) in [6.45, 7) is 7.86. The van der Waals surface area contributed by atoms with E-state index < -0.39 is 0 Å². The van der Waals surface area contributed by atoms with Crippen LogP contribution in [0, 0.1) is 11.3 Å². The first-order valence-corrected chi connectivity index (χ1v) is 4.83. The van der Waals surface area contributed by atoms with Crippen LogP contribution in [0.2, 0.25) is 0 Å². The number of nitrogens with one attached hydrogen (secondary N) is 1. The molecule has 2 nitrogen and oxygen atoms in total. The summed E-state index contributed by atoms with van der Waals surface area (Å²) >= 11 is 0. The van der Waals surface area contributed by atoms with E-state index in [2.05, 4.69) is 26.1 Å². The first-order valence-electron chi connectivity index (χ1n) is 4.83. The van der Waals surface area contributed by atoms with Crippen molar-refractivity contribution in [3.63, 3.8) is 0 Å². The molecule has 0 bridgehead atoms. The minimum absolute atomic E-state index is 0.281. The molecule has 1 aliphatic heterocycles. The highest BCUT2D eigenvalue weighted by molar-refractivity contribution is 4.79. The molecule has 1 aliphatic rings. The van der Waals surface area contributed by atoms with Gasteiger partial charge in [0.25, 0.3) is 0 Å². The third-order valence-corrected chi connectivity index (χ3v) is 2.83. The number of hydrogen-bond donors (Lipinski definition) is 1. The molecule has 2 heteroatoms. The van der Waals surface area contributed by atoms with Crippen molar-refractivity contribution < 1.29 is 4.74 Å². The second-order valence-corrected chi connectivity index (χ2v) is 4.74. The highest BCUT2D eigenvalue weighted by Crippen LogP contribution is 2.34. The third-order valence-electron chi connectivity index (χ3n) is 2.83. The molecule has 72 valence electrons. The minimum atomic E-state index is 0.281. The van der Waals surface area contributed by atoms with Gasteiger partial charge < -0.3 is 4.74 Å². The first-order chi connectivity index (χ1) is 5.54. The monoisotopic (exact) mass is 171 g/mol. The maximum atomic E-state index is 5.54. The second-order valence-electron chi connectivity index (χ2n) is 4.74. The van der Waals surface area contributed by atoms with Gasteiger partial charge in [-0.15, -0.1) is 0 Å². The summed E-state index contributed by atoms with van der Waals surface area (Å²) in [6, 6.07) is 0. The van der Waals surface area contributed by atoms with Crippen LogP contribution in [0.1, 0.15) is 33.6 Å². The van der Waals surface area contributed by atoms with Crippen LogP contribution in [0.15, 0.2) is 0 Å². The Kier molecular flexibility index (Phi) is 3.13. The van der Waals surface area contributed by atoms with E-state index in [0.29, 0.717) is 5.41 Å². The fourth-order valence-corrected chi connectivity index (χ4v) is 1.78. The Morgan fingerprint density at radius 2 is 2.00 bits per heavy atom. The summed E-state index contributed by atoms with van der Waals surface area (Å²) in [5.74, 6) is 0.795. The second kappa shape index (κ2) is 3.75. The van der Waals surface area contributed by atoms with Crippen molar-refractivity contribution in [3.8, 4) is 0 Å². The maximum absolute atomic E-state index is 5.54. The molecule has 0 aromatic heterocycles. The van der Waals surface area contributed by atoms with E-state index in [-0.39, 0.29) is 6.23 Å². The van der Waals surface area contributed by atoms with Gasteiger partial charge >= 0.3 is 0 Å². The average molecular weight is 171 g/mol. The largest absolute Gasteiger partial charge is 0.363 e. The molecule has 1 saturated heterocycles. The Labute approximate surface area is 75.7 Å². The molecule has 0 aromatic carbocycles. The lowest BCUT2D eigenvalue weighted by Gasteiger charge is -2.37. The summed E-state index contributed by atoms with van der Waals surface area (Å²) in [6.07, 6.45) is 2.64. The Balaban J connectivity index is 2.46. The Morgan fingerprint density at radius 3 is 2.50 bits per heavy atom. The van der Waals surface area contributed by atoms with Crippen LogP contribution >= 0.6 is 0 Å². The van der Waals surface area contributed by atoms with Gasteiger partial charge in [0.05, 0.1) is 0 Å². The zero-order valence-electron chi connectivity index (χ0n) is 8.68. The molecule has 1 heterocycles. The zero-order valence-corrected chi connectivity index (χ0v) is 8.68. The van der Waals surface area contributed by atoms with Gasteiger partial charge in [0.2, 0.25) is 0 Å². The quantitative estimate of drug-likeness (QED) is 0.651. The van der Waals surface area contributed by atoms with Crippen LogP contribution in [0.25, 0.3) is 0 Å². The standard InChI is InChI=1S/C10H21NO/c1-10(2,3)8-5-6-12-9(7-8)11-4/h8-9,11H,5-7H2,1-4H3. The topological polar surface area (TPSA) is 21.3 Å². The summed E-state index contributed by atoms with van der Waals surface area (Å²) < 4.78 is 5.54. The van der Waals surface area contributed by atoms with Crippen LogP contribution in [0.3, 0.4) is 0 Å². The van der Waals surface area contributed by atoms with Crippen molar-refractivity contribution in [2.24, 2.45) is 11.3 Å². The van der Waals surface area contributed by atoms with Gasteiger partial charge in [-0.1, -0.05) is 20.8 Å². The molecule has 0 aromatic rings. The molecular formula is C10H21NO. The van der Waals surface area contributed by atoms with E-state index in [4.69, 9.17) is 4.74 Å². The van der Waals surface area contributed by atoms with Crippen molar-refractivity contribution in [2.75, 3.05) is 13.7 Å². The van der Waals surface area contributed by atoms with Gasteiger partial charge in [0.15, 0.2) is 0 Å². The van der Waals surface area contributed by atoms with Crippen LogP contribution < -0.4 is 5.32 Å². The van der Waals surface area contributed by atoms with Crippen LogP contribution in [0.5, 0.6) is 0 Å². The lowest BCUT2D eigenvalue weighted by Crippen LogP contribution is -2.39. The Morgan fingerprint density at radius 1 is 1.33 bits per heavy atom. The van der Waals surface area contributed by atoms with Gasteiger partial charge in [-0.2, -0.15) is 0 Å².